The van der Waals surface area contributed by atoms with Crippen LogP contribution in [0.2, 0.25) is 0 Å². The zero-order chi connectivity index (χ0) is 14.7. The number of rotatable bonds is 9. The minimum Gasteiger partial charge on any atom is -0.394 e. The predicted molar refractivity (Wildman–Crippen MR) is 78.9 cm³/mol. The molecule has 0 saturated heterocycles. The van der Waals surface area contributed by atoms with Gasteiger partial charge in [-0.15, -0.1) is 0 Å². The summed E-state index contributed by atoms with van der Waals surface area (Å²) >= 11 is 0. The van der Waals surface area contributed by atoms with E-state index in [1.807, 2.05) is 13.8 Å². The molecule has 0 heterocycles. The normalized spacial score (nSPS) is 12.2. The fraction of sp³-hybridized carbons (Fsp3) is 0.769. The molecule has 0 aliphatic heterocycles. The van der Waals surface area contributed by atoms with Crippen LogP contribution >= 0.6 is 0 Å². The van der Waals surface area contributed by atoms with Gasteiger partial charge in [-0.2, -0.15) is 0 Å². The first-order valence-electron chi connectivity index (χ1n) is 6.38. The van der Waals surface area contributed by atoms with Crippen LogP contribution in [0.5, 0.6) is 0 Å². The predicted octanol–water partition coefficient (Wildman–Crippen LogP) is 1.06. The van der Waals surface area contributed by atoms with Gasteiger partial charge < -0.3 is 10.2 Å². The Hall–Kier alpha value is -1.06. The summed E-state index contributed by atoms with van der Waals surface area (Å²) in [5, 5.41) is 7.08. The summed E-state index contributed by atoms with van der Waals surface area (Å²) in [7, 11) is -2.86. The zero-order valence-corrected chi connectivity index (χ0v) is 13.0. The second kappa shape index (κ2) is 9.82. The molecular formula is C13H24N2O3S. The summed E-state index contributed by atoms with van der Waals surface area (Å²) in [5.41, 5.74) is 0.736. The molecule has 0 bridgehead atoms. The largest absolute Gasteiger partial charge is 0.394 e. The summed E-state index contributed by atoms with van der Waals surface area (Å²) in [6.07, 6.45) is 1.85. The van der Waals surface area contributed by atoms with Crippen molar-refractivity contribution in [3.8, 4) is 11.8 Å². The van der Waals surface area contributed by atoms with Crippen LogP contribution in [-0.2, 0) is 14.7 Å². The van der Waals surface area contributed by atoms with Gasteiger partial charge in [0, 0.05) is 18.7 Å². The van der Waals surface area contributed by atoms with Crippen molar-refractivity contribution >= 4 is 15.5 Å². The average molecular weight is 288 g/mol. The van der Waals surface area contributed by atoms with Crippen molar-refractivity contribution in [3.63, 3.8) is 0 Å². The molecule has 0 aromatic heterocycles. The van der Waals surface area contributed by atoms with E-state index in [1.165, 1.54) is 6.26 Å². The molecule has 0 aromatic carbocycles. The van der Waals surface area contributed by atoms with Crippen LogP contribution in [-0.4, -0.2) is 45.8 Å². The lowest BCUT2D eigenvalue weighted by Gasteiger charge is -2.05. The van der Waals surface area contributed by atoms with Crippen molar-refractivity contribution in [2.75, 3.05) is 31.7 Å². The number of nitrogens with zero attached hydrogens (tertiary/aromatic N) is 1. The smallest absolute Gasteiger partial charge is 0.147 e. The van der Waals surface area contributed by atoms with E-state index in [0.717, 1.165) is 5.71 Å². The van der Waals surface area contributed by atoms with Crippen molar-refractivity contribution in [2.24, 2.45) is 11.1 Å². The highest BCUT2D eigenvalue weighted by molar-refractivity contribution is 7.90. The molecule has 0 aromatic rings. The molecule has 19 heavy (non-hydrogen) atoms. The fourth-order valence-corrected chi connectivity index (χ4v) is 1.89. The van der Waals surface area contributed by atoms with Gasteiger partial charge in [0.2, 0.25) is 0 Å². The summed E-state index contributed by atoms with van der Waals surface area (Å²) in [5.74, 6) is 6.15. The second-order valence-corrected chi connectivity index (χ2v) is 6.83. The molecule has 110 valence electrons. The third kappa shape index (κ3) is 11.7. The Morgan fingerprint density at radius 2 is 2.05 bits per heavy atom. The molecule has 0 aliphatic rings. The fourth-order valence-electron chi connectivity index (χ4n) is 1.22. The summed E-state index contributed by atoms with van der Waals surface area (Å²) < 4.78 is 21.8. The third-order valence-electron chi connectivity index (χ3n) is 2.20. The van der Waals surface area contributed by atoms with Gasteiger partial charge in [0.05, 0.1) is 5.75 Å². The van der Waals surface area contributed by atoms with Crippen LogP contribution in [0.3, 0.4) is 0 Å². The van der Waals surface area contributed by atoms with Gasteiger partial charge in [-0.1, -0.05) is 24.9 Å². The van der Waals surface area contributed by atoms with Crippen LogP contribution in [0.1, 0.15) is 27.2 Å². The molecule has 0 amide bonds. The molecule has 1 N–H and O–H groups in total. The summed E-state index contributed by atoms with van der Waals surface area (Å²) in [4.78, 5) is 5.16. The van der Waals surface area contributed by atoms with Crippen molar-refractivity contribution in [3.05, 3.63) is 0 Å². The van der Waals surface area contributed by atoms with E-state index in [0.29, 0.717) is 26.1 Å². The van der Waals surface area contributed by atoms with E-state index >= 15 is 0 Å². The molecule has 0 saturated carbocycles. The Kier molecular flexibility index (Phi) is 9.27. The number of hydrogen-bond donors (Lipinski definition) is 1. The van der Waals surface area contributed by atoms with Crippen molar-refractivity contribution in [1.29, 1.82) is 0 Å². The number of hydrogen-bond acceptors (Lipinski definition) is 5. The first kappa shape index (κ1) is 17.9. The van der Waals surface area contributed by atoms with Gasteiger partial charge in [-0.05, 0) is 25.8 Å². The minimum atomic E-state index is -2.86. The highest BCUT2D eigenvalue weighted by Gasteiger charge is 2.02. The quantitative estimate of drug-likeness (QED) is 0.298. The van der Waals surface area contributed by atoms with E-state index in [-0.39, 0.29) is 11.7 Å². The van der Waals surface area contributed by atoms with Gasteiger partial charge in [-0.25, -0.2) is 8.42 Å². The SMILES string of the molecule is CC#C/C(=N\OCCNCCCS(C)(=O)=O)C(C)C. The summed E-state index contributed by atoms with van der Waals surface area (Å²) in [6, 6.07) is 0. The minimum absolute atomic E-state index is 0.211. The van der Waals surface area contributed by atoms with E-state index in [4.69, 9.17) is 4.84 Å². The van der Waals surface area contributed by atoms with Crippen LogP contribution in [0.4, 0.5) is 0 Å². The molecule has 0 rings (SSSR count). The number of nitrogens with one attached hydrogen (secondary N) is 1. The van der Waals surface area contributed by atoms with E-state index in [2.05, 4.69) is 22.3 Å². The van der Waals surface area contributed by atoms with E-state index in [1.54, 1.807) is 6.92 Å². The van der Waals surface area contributed by atoms with Crippen LogP contribution < -0.4 is 5.32 Å². The molecule has 6 heteroatoms. The van der Waals surface area contributed by atoms with Gasteiger partial charge in [0.25, 0.3) is 0 Å². The highest BCUT2D eigenvalue weighted by atomic mass is 32.2. The van der Waals surface area contributed by atoms with Gasteiger partial charge in [-0.3, -0.25) is 0 Å². The Balaban J connectivity index is 3.69. The van der Waals surface area contributed by atoms with Crippen LogP contribution in [0, 0.1) is 17.8 Å². The maximum absolute atomic E-state index is 10.9. The third-order valence-corrected chi connectivity index (χ3v) is 3.23. The van der Waals surface area contributed by atoms with Crippen LogP contribution in [0.15, 0.2) is 5.16 Å². The maximum Gasteiger partial charge on any atom is 0.147 e. The van der Waals surface area contributed by atoms with Gasteiger partial charge in [0.15, 0.2) is 0 Å². The second-order valence-electron chi connectivity index (χ2n) is 4.57. The molecule has 5 nitrogen and oxygen atoms in total. The number of sulfone groups is 1. The lowest BCUT2D eigenvalue weighted by molar-refractivity contribution is 0.145. The molecule has 0 aliphatic carbocycles. The molecule has 0 fully saturated rings. The van der Waals surface area contributed by atoms with Gasteiger partial charge in [0.1, 0.15) is 22.2 Å². The van der Waals surface area contributed by atoms with E-state index in [9.17, 15) is 8.42 Å². The van der Waals surface area contributed by atoms with Crippen molar-refractivity contribution in [2.45, 2.75) is 27.2 Å². The Labute approximate surface area is 116 Å². The van der Waals surface area contributed by atoms with E-state index < -0.39 is 9.84 Å². The molecule has 0 radical (unpaired) electrons. The first-order chi connectivity index (χ1) is 8.87. The lowest BCUT2D eigenvalue weighted by atomic mass is 10.1. The monoisotopic (exact) mass is 288 g/mol. The standard InChI is InChI=1S/C13H24N2O3S/c1-5-7-13(12(2)3)15-18-10-9-14-8-6-11-19(4,16)17/h12,14H,6,8-11H2,1-4H3/b15-13+. The van der Waals surface area contributed by atoms with Crippen molar-refractivity contribution < 1.29 is 13.3 Å². The molecule has 0 spiro atoms. The molecular weight excluding hydrogens is 264 g/mol. The lowest BCUT2D eigenvalue weighted by Crippen LogP contribution is -2.22. The average Bonchev–Trinajstić information content (AvgIpc) is 2.29. The summed E-state index contributed by atoms with van der Waals surface area (Å²) in [6.45, 7) is 7.53. The molecule has 0 unspecified atom stereocenters. The van der Waals surface area contributed by atoms with Crippen LogP contribution in [0.25, 0.3) is 0 Å². The number of oxime groups is 1. The zero-order valence-electron chi connectivity index (χ0n) is 12.2. The topological polar surface area (TPSA) is 67.8 Å². The Morgan fingerprint density at radius 3 is 2.58 bits per heavy atom. The highest BCUT2D eigenvalue weighted by Crippen LogP contribution is 1.96. The maximum atomic E-state index is 10.9. The Morgan fingerprint density at radius 1 is 1.37 bits per heavy atom. The van der Waals surface area contributed by atoms with Gasteiger partial charge >= 0.3 is 0 Å². The first-order valence-corrected chi connectivity index (χ1v) is 8.44. The molecule has 0 atom stereocenters. The van der Waals surface area contributed by atoms with Crippen molar-refractivity contribution in [1.82, 2.24) is 5.32 Å². The Bertz CT molecular complexity index is 431.